The molecule has 6 nitrogen and oxygen atoms in total. The van der Waals surface area contributed by atoms with E-state index in [1.807, 2.05) is 11.8 Å². The molecule has 0 unspecified atom stereocenters. The molecule has 0 saturated carbocycles. The first-order valence-corrected chi connectivity index (χ1v) is 10.1. The lowest BCUT2D eigenvalue weighted by Gasteiger charge is -2.39. The van der Waals surface area contributed by atoms with Gasteiger partial charge in [-0.3, -0.25) is 0 Å². The minimum absolute atomic E-state index is 0.0791. The summed E-state index contributed by atoms with van der Waals surface area (Å²) in [6, 6.07) is 3.35. The number of nitrogens with zero attached hydrogens (tertiary/aromatic N) is 2. The predicted molar refractivity (Wildman–Crippen MR) is 97.3 cm³/mol. The molecule has 2 rings (SSSR count). The van der Waals surface area contributed by atoms with Gasteiger partial charge in [0.15, 0.2) is 27.4 Å². The van der Waals surface area contributed by atoms with Gasteiger partial charge in [0.25, 0.3) is 0 Å². The summed E-state index contributed by atoms with van der Waals surface area (Å²) in [7, 11) is -3.13. The van der Waals surface area contributed by atoms with Crippen molar-refractivity contribution < 1.29 is 21.9 Å². The minimum atomic E-state index is -3.13. The molecule has 1 aromatic carbocycles. The second kappa shape index (κ2) is 8.20. The van der Waals surface area contributed by atoms with Crippen LogP contribution in [0.4, 0.5) is 8.78 Å². The van der Waals surface area contributed by atoms with Crippen molar-refractivity contribution in [2.24, 2.45) is 4.99 Å². The number of benzene rings is 1. The zero-order valence-corrected chi connectivity index (χ0v) is 16.1. The Kier molecular flexibility index (Phi) is 6.44. The van der Waals surface area contributed by atoms with E-state index < -0.39 is 26.2 Å². The SMILES string of the molecule is CCNC(=NCCOc1ccc(F)c(F)c1)N1CCS(=O)(=O)C(C)(C)C1. The third-order valence-corrected chi connectivity index (χ3v) is 6.72. The van der Waals surface area contributed by atoms with E-state index in [0.717, 1.165) is 12.1 Å². The quantitative estimate of drug-likeness (QED) is 0.473. The fourth-order valence-electron chi connectivity index (χ4n) is 2.63. The van der Waals surface area contributed by atoms with Gasteiger partial charge in [-0.2, -0.15) is 0 Å². The zero-order valence-electron chi connectivity index (χ0n) is 15.3. The average Bonchev–Trinajstić information content (AvgIpc) is 2.56. The lowest BCUT2D eigenvalue weighted by atomic mass is 10.2. The number of hydrogen-bond acceptors (Lipinski definition) is 4. The Morgan fingerprint density at radius 1 is 1.35 bits per heavy atom. The molecule has 0 bridgehead atoms. The molecule has 1 fully saturated rings. The number of hydrogen-bond donors (Lipinski definition) is 1. The minimum Gasteiger partial charge on any atom is -0.492 e. The molecule has 1 N–H and O–H groups in total. The molecule has 1 aliphatic heterocycles. The Balaban J connectivity index is 1.97. The molecule has 1 aromatic rings. The van der Waals surface area contributed by atoms with E-state index in [1.54, 1.807) is 13.8 Å². The van der Waals surface area contributed by atoms with E-state index in [4.69, 9.17) is 4.74 Å². The maximum Gasteiger partial charge on any atom is 0.194 e. The third kappa shape index (κ3) is 4.84. The van der Waals surface area contributed by atoms with Crippen molar-refractivity contribution >= 4 is 15.8 Å². The summed E-state index contributed by atoms with van der Waals surface area (Å²) in [6.45, 7) is 7.22. The summed E-state index contributed by atoms with van der Waals surface area (Å²) >= 11 is 0. The summed E-state index contributed by atoms with van der Waals surface area (Å²) in [4.78, 5) is 6.37. The summed E-state index contributed by atoms with van der Waals surface area (Å²) in [6.07, 6.45) is 0. The highest BCUT2D eigenvalue weighted by molar-refractivity contribution is 7.92. The molecule has 0 spiro atoms. The first kappa shape index (κ1) is 20.4. The summed E-state index contributed by atoms with van der Waals surface area (Å²) in [5.74, 6) is -0.960. The van der Waals surface area contributed by atoms with Crippen LogP contribution in [0.2, 0.25) is 0 Å². The van der Waals surface area contributed by atoms with E-state index in [9.17, 15) is 17.2 Å². The highest BCUT2D eigenvalue weighted by Crippen LogP contribution is 2.23. The van der Waals surface area contributed by atoms with Gasteiger partial charge >= 0.3 is 0 Å². The first-order valence-electron chi connectivity index (χ1n) is 8.50. The molecule has 1 aliphatic rings. The van der Waals surface area contributed by atoms with Crippen molar-refractivity contribution in [3.05, 3.63) is 29.8 Å². The normalized spacial score (nSPS) is 19.3. The fraction of sp³-hybridized carbons (Fsp3) is 0.588. The van der Waals surface area contributed by atoms with Crippen LogP contribution in [0.25, 0.3) is 0 Å². The van der Waals surface area contributed by atoms with Crippen LogP contribution in [0, 0.1) is 11.6 Å². The number of nitrogens with one attached hydrogen (secondary N) is 1. The molecule has 9 heteroatoms. The number of guanidine groups is 1. The van der Waals surface area contributed by atoms with Crippen molar-refractivity contribution in [1.82, 2.24) is 10.2 Å². The molecule has 0 atom stereocenters. The molecule has 146 valence electrons. The fourth-order valence-corrected chi connectivity index (χ4v) is 4.00. The number of aliphatic imine (C=N–C) groups is 1. The Bertz CT molecular complexity index is 767. The van der Waals surface area contributed by atoms with E-state index in [-0.39, 0.29) is 18.1 Å². The Hall–Kier alpha value is -1.90. The summed E-state index contributed by atoms with van der Waals surface area (Å²) < 4.78 is 54.8. The largest absolute Gasteiger partial charge is 0.492 e. The molecular formula is C17H25F2N3O3S. The molecule has 1 heterocycles. The highest BCUT2D eigenvalue weighted by Gasteiger charge is 2.40. The van der Waals surface area contributed by atoms with E-state index in [0.29, 0.717) is 32.1 Å². The lowest BCUT2D eigenvalue weighted by Crippen LogP contribution is -2.57. The molecule has 26 heavy (non-hydrogen) atoms. The molecule has 0 amide bonds. The average molecular weight is 389 g/mol. The van der Waals surface area contributed by atoms with Gasteiger partial charge in [0.05, 0.1) is 17.0 Å². The van der Waals surface area contributed by atoms with Crippen molar-refractivity contribution in [3.8, 4) is 5.75 Å². The number of ether oxygens (including phenoxy) is 1. The van der Waals surface area contributed by atoms with Crippen molar-refractivity contribution in [1.29, 1.82) is 0 Å². The van der Waals surface area contributed by atoms with Gasteiger partial charge in [-0.1, -0.05) is 0 Å². The van der Waals surface area contributed by atoms with Crippen LogP contribution in [0.15, 0.2) is 23.2 Å². The van der Waals surface area contributed by atoms with Crippen molar-refractivity contribution in [2.45, 2.75) is 25.5 Å². The monoisotopic (exact) mass is 389 g/mol. The topological polar surface area (TPSA) is 71.0 Å². The van der Waals surface area contributed by atoms with Crippen molar-refractivity contribution in [2.75, 3.05) is 38.5 Å². The lowest BCUT2D eigenvalue weighted by molar-refractivity contribution is 0.321. The number of sulfone groups is 1. The Morgan fingerprint density at radius 3 is 2.69 bits per heavy atom. The third-order valence-electron chi connectivity index (χ3n) is 4.19. The summed E-state index contributed by atoms with van der Waals surface area (Å²) in [5.41, 5.74) is 0. The summed E-state index contributed by atoms with van der Waals surface area (Å²) in [5, 5.41) is 3.15. The maximum absolute atomic E-state index is 13.1. The van der Waals surface area contributed by atoms with Crippen LogP contribution >= 0.6 is 0 Å². The van der Waals surface area contributed by atoms with Crippen LogP contribution < -0.4 is 10.1 Å². The van der Waals surface area contributed by atoms with E-state index in [1.165, 1.54) is 6.07 Å². The van der Waals surface area contributed by atoms with Gasteiger partial charge in [0.2, 0.25) is 0 Å². The predicted octanol–water partition coefficient (Wildman–Crippen LogP) is 1.82. The van der Waals surface area contributed by atoms with Gasteiger partial charge in [-0.25, -0.2) is 22.2 Å². The molecule has 1 saturated heterocycles. The number of halogens is 2. The second-order valence-electron chi connectivity index (χ2n) is 6.66. The van der Waals surface area contributed by atoms with Crippen LogP contribution in [-0.4, -0.2) is 62.6 Å². The molecular weight excluding hydrogens is 364 g/mol. The van der Waals surface area contributed by atoms with Crippen LogP contribution in [-0.2, 0) is 9.84 Å². The van der Waals surface area contributed by atoms with Gasteiger partial charge in [-0.05, 0) is 32.9 Å². The van der Waals surface area contributed by atoms with Crippen LogP contribution in [0.3, 0.4) is 0 Å². The van der Waals surface area contributed by atoms with Gasteiger partial charge < -0.3 is 15.0 Å². The number of rotatable bonds is 5. The highest BCUT2D eigenvalue weighted by atomic mass is 32.2. The Labute approximate surface area is 153 Å². The van der Waals surface area contributed by atoms with Gasteiger partial charge in [-0.15, -0.1) is 0 Å². The maximum atomic E-state index is 13.1. The molecule has 0 aromatic heterocycles. The Morgan fingerprint density at radius 2 is 2.08 bits per heavy atom. The van der Waals surface area contributed by atoms with Crippen LogP contribution in [0.1, 0.15) is 20.8 Å². The smallest absolute Gasteiger partial charge is 0.194 e. The standard InChI is InChI=1S/C17H25F2N3O3S/c1-4-20-16(22-8-10-26(23,24)17(2,3)12-22)21-7-9-25-13-5-6-14(18)15(19)11-13/h5-6,11H,4,7-10,12H2,1-3H3,(H,20,21). The second-order valence-corrected chi connectivity index (χ2v) is 9.40. The zero-order chi connectivity index (χ0) is 19.4. The van der Waals surface area contributed by atoms with Crippen LogP contribution in [0.5, 0.6) is 5.75 Å². The van der Waals surface area contributed by atoms with Gasteiger partial charge in [0.1, 0.15) is 12.4 Å². The van der Waals surface area contributed by atoms with E-state index in [2.05, 4.69) is 10.3 Å². The first-order chi connectivity index (χ1) is 12.2. The van der Waals surface area contributed by atoms with Gasteiger partial charge in [0, 0.05) is 25.7 Å². The van der Waals surface area contributed by atoms with Crippen molar-refractivity contribution in [3.63, 3.8) is 0 Å². The molecule has 0 aliphatic carbocycles. The molecule has 0 radical (unpaired) electrons. The van der Waals surface area contributed by atoms with E-state index >= 15 is 0 Å².